The van der Waals surface area contributed by atoms with Crippen LogP contribution in [0.2, 0.25) is 0 Å². The van der Waals surface area contributed by atoms with Crippen LogP contribution in [0.15, 0.2) is 24.3 Å². The first-order valence-electron chi connectivity index (χ1n) is 10.8. The molecule has 0 saturated heterocycles. The van der Waals surface area contributed by atoms with Crippen LogP contribution in [0, 0.1) is 0 Å². The van der Waals surface area contributed by atoms with Gasteiger partial charge in [0.05, 0.1) is 33.0 Å². The largest absolute Gasteiger partial charge is 0.504 e. The zero-order valence-electron chi connectivity index (χ0n) is 18.3. The molecule has 11 nitrogen and oxygen atoms in total. The summed E-state index contributed by atoms with van der Waals surface area (Å²) in [6, 6.07) is 6.02. The highest BCUT2D eigenvalue weighted by Crippen LogP contribution is 2.57. The Morgan fingerprint density at radius 2 is 1.68 bits per heavy atom. The predicted octanol–water partition coefficient (Wildman–Crippen LogP) is 1.65. The number of phenols is 4. The molecule has 2 unspecified atom stereocenters. The number of amides is 1. The van der Waals surface area contributed by atoms with Crippen molar-refractivity contribution in [3.8, 4) is 28.7 Å². The Kier molecular flexibility index (Phi) is 6.87. The second-order valence-corrected chi connectivity index (χ2v) is 8.16. The lowest BCUT2D eigenvalue weighted by Gasteiger charge is -2.40. The first-order chi connectivity index (χ1) is 16.3. The maximum atomic E-state index is 10.4. The molecular formula is C23H27NO10. The summed E-state index contributed by atoms with van der Waals surface area (Å²) in [5.74, 6) is -1.39. The van der Waals surface area contributed by atoms with Crippen molar-refractivity contribution in [2.45, 2.75) is 17.9 Å². The standard InChI is InChI=1S/C23H27NO10/c25-16-2-1-14-19-15-10-18(27)17(26)9-13(15)11-23(19,12-33-21(14)20(16)28)34-8-7-32-6-5-31-4-3-24-22(29)30/h1-2,9-10,19,24-28H,3-8,11-12H2,(H,29,30). The number of phenolic OH excluding ortho intramolecular Hbond substituents is 4. The summed E-state index contributed by atoms with van der Waals surface area (Å²) < 4.78 is 22.9. The molecule has 0 bridgehead atoms. The fourth-order valence-corrected chi connectivity index (χ4v) is 4.53. The summed E-state index contributed by atoms with van der Waals surface area (Å²) in [7, 11) is 0. The summed E-state index contributed by atoms with van der Waals surface area (Å²) in [6.45, 7) is 1.63. The van der Waals surface area contributed by atoms with E-state index in [1.54, 1.807) is 6.07 Å². The Morgan fingerprint density at radius 3 is 2.44 bits per heavy atom. The Hall–Kier alpha value is -3.41. The van der Waals surface area contributed by atoms with Crippen molar-refractivity contribution in [3.63, 3.8) is 0 Å². The smallest absolute Gasteiger partial charge is 0.404 e. The number of carbonyl (C=O) groups is 1. The second kappa shape index (κ2) is 9.84. The third-order valence-electron chi connectivity index (χ3n) is 5.99. The molecule has 0 aromatic heterocycles. The minimum atomic E-state index is -1.10. The fourth-order valence-electron chi connectivity index (χ4n) is 4.53. The number of aromatic hydroxyl groups is 4. The van der Waals surface area contributed by atoms with Crippen LogP contribution in [-0.2, 0) is 20.6 Å². The minimum absolute atomic E-state index is 0.0809. The first kappa shape index (κ1) is 23.7. The van der Waals surface area contributed by atoms with E-state index in [1.807, 2.05) is 0 Å². The molecule has 184 valence electrons. The third-order valence-corrected chi connectivity index (χ3v) is 5.99. The average molecular weight is 477 g/mol. The van der Waals surface area contributed by atoms with Gasteiger partial charge in [0.2, 0.25) is 5.75 Å². The number of nitrogens with one attached hydrogen (secondary N) is 1. The second-order valence-electron chi connectivity index (χ2n) is 8.16. The normalized spacial score (nSPS) is 20.2. The third kappa shape index (κ3) is 4.63. The SMILES string of the molecule is O=C(O)NCCOCCOCCOC12COc3c(ccc(O)c3O)C1c1cc(O)c(O)cc1C2. The molecule has 6 N–H and O–H groups in total. The van der Waals surface area contributed by atoms with Crippen molar-refractivity contribution in [1.82, 2.24) is 5.32 Å². The number of rotatable bonds is 10. The molecule has 1 aliphatic carbocycles. The number of benzene rings is 2. The number of ether oxygens (including phenoxy) is 4. The molecule has 34 heavy (non-hydrogen) atoms. The van der Waals surface area contributed by atoms with Crippen LogP contribution in [0.3, 0.4) is 0 Å². The quantitative estimate of drug-likeness (QED) is 0.219. The number of carboxylic acid groups (broad SMARTS) is 1. The zero-order chi connectivity index (χ0) is 24.3. The van der Waals surface area contributed by atoms with E-state index < -0.39 is 17.6 Å². The van der Waals surface area contributed by atoms with Crippen LogP contribution in [0.5, 0.6) is 28.7 Å². The van der Waals surface area contributed by atoms with Gasteiger partial charge in [-0.1, -0.05) is 6.07 Å². The average Bonchev–Trinajstić information content (AvgIpc) is 3.11. The predicted molar refractivity (Wildman–Crippen MR) is 117 cm³/mol. The molecule has 1 aliphatic heterocycles. The molecule has 0 fully saturated rings. The maximum absolute atomic E-state index is 10.4. The van der Waals surface area contributed by atoms with Gasteiger partial charge < -0.3 is 49.8 Å². The van der Waals surface area contributed by atoms with Gasteiger partial charge in [-0.3, -0.25) is 0 Å². The molecule has 2 atom stereocenters. The Balaban J connectivity index is 1.41. The van der Waals surface area contributed by atoms with E-state index in [0.717, 1.165) is 11.1 Å². The van der Waals surface area contributed by atoms with Crippen LogP contribution in [0.25, 0.3) is 0 Å². The van der Waals surface area contributed by atoms with Crippen LogP contribution in [0.1, 0.15) is 22.6 Å². The van der Waals surface area contributed by atoms with Gasteiger partial charge in [0.25, 0.3) is 0 Å². The fraction of sp³-hybridized carbons (Fsp3) is 0.435. The highest BCUT2D eigenvalue weighted by molar-refractivity contribution is 5.64. The monoisotopic (exact) mass is 477 g/mol. The molecule has 2 aromatic rings. The molecule has 4 rings (SSSR count). The van der Waals surface area contributed by atoms with Crippen molar-refractivity contribution in [2.75, 3.05) is 46.2 Å². The summed E-state index contributed by atoms with van der Waals surface area (Å²) >= 11 is 0. The molecule has 11 heteroatoms. The lowest BCUT2D eigenvalue weighted by atomic mass is 9.80. The van der Waals surface area contributed by atoms with Crippen molar-refractivity contribution in [2.24, 2.45) is 0 Å². The highest BCUT2D eigenvalue weighted by Gasteiger charge is 2.53. The summed E-state index contributed by atoms with van der Waals surface area (Å²) in [5.41, 5.74) is 1.28. The van der Waals surface area contributed by atoms with Gasteiger partial charge in [-0.2, -0.15) is 0 Å². The molecule has 1 heterocycles. The molecule has 1 amide bonds. The van der Waals surface area contributed by atoms with E-state index in [0.29, 0.717) is 25.2 Å². The number of fused-ring (bicyclic) bond motifs is 5. The van der Waals surface area contributed by atoms with E-state index in [-0.39, 0.29) is 61.7 Å². The Bertz CT molecular complexity index is 1060. The van der Waals surface area contributed by atoms with Gasteiger partial charge in [-0.15, -0.1) is 0 Å². The lowest BCUT2D eigenvalue weighted by molar-refractivity contribution is -0.102. The van der Waals surface area contributed by atoms with Gasteiger partial charge >= 0.3 is 6.09 Å². The lowest BCUT2D eigenvalue weighted by Crippen LogP contribution is -2.47. The molecule has 0 saturated carbocycles. The molecule has 2 aliphatic rings. The van der Waals surface area contributed by atoms with Crippen molar-refractivity contribution >= 4 is 6.09 Å². The van der Waals surface area contributed by atoms with Crippen molar-refractivity contribution in [3.05, 3.63) is 41.0 Å². The summed E-state index contributed by atoms with van der Waals surface area (Å²) in [5, 5.41) is 51.0. The topological polar surface area (TPSA) is 167 Å². The van der Waals surface area contributed by atoms with Crippen LogP contribution in [0.4, 0.5) is 4.79 Å². The first-order valence-corrected chi connectivity index (χ1v) is 10.8. The Labute approximate surface area is 195 Å². The van der Waals surface area contributed by atoms with E-state index in [9.17, 15) is 25.2 Å². The maximum Gasteiger partial charge on any atom is 0.404 e. The van der Waals surface area contributed by atoms with Gasteiger partial charge in [0.15, 0.2) is 23.0 Å². The molecule has 2 aromatic carbocycles. The van der Waals surface area contributed by atoms with Crippen molar-refractivity contribution < 1.29 is 49.3 Å². The Morgan fingerprint density at radius 1 is 0.971 bits per heavy atom. The molecular weight excluding hydrogens is 450 g/mol. The zero-order valence-corrected chi connectivity index (χ0v) is 18.3. The van der Waals surface area contributed by atoms with Crippen LogP contribution < -0.4 is 10.1 Å². The highest BCUT2D eigenvalue weighted by atomic mass is 16.6. The van der Waals surface area contributed by atoms with Gasteiger partial charge in [0, 0.05) is 24.4 Å². The van der Waals surface area contributed by atoms with Crippen LogP contribution in [-0.4, -0.2) is 83.4 Å². The summed E-state index contributed by atoms with van der Waals surface area (Å²) in [6.07, 6.45) is -0.697. The molecule has 0 spiro atoms. The van der Waals surface area contributed by atoms with E-state index in [1.165, 1.54) is 18.2 Å². The van der Waals surface area contributed by atoms with E-state index >= 15 is 0 Å². The summed E-state index contributed by atoms with van der Waals surface area (Å²) in [4.78, 5) is 10.4. The van der Waals surface area contributed by atoms with E-state index in [4.69, 9.17) is 24.1 Å². The van der Waals surface area contributed by atoms with E-state index in [2.05, 4.69) is 5.32 Å². The van der Waals surface area contributed by atoms with Crippen LogP contribution >= 0.6 is 0 Å². The van der Waals surface area contributed by atoms with Gasteiger partial charge in [-0.25, -0.2) is 4.79 Å². The molecule has 0 radical (unpaired) electrons. The van der Waals surface area contributed by atoms with Gasteiger partial charge in [0.1, 0.15) is 12.2 Å². The minimum Gasteiger partial charge on any atom is -0.504 e. The number of hydrogen-bond acceptors (Lipinski definition) is 9. The number of hydrogen-bond donors (Lipinski definition) is 6. The van der Waals surface area contributed by atoms with Gasteiger partial charge in [-0.05, 0) is 29.3 Å². The van der Waals surface area contributed by atoms with Crippen molar-refractivity contribution in [1.29, 1.82) is 0 Å².